The van der Waals surface area contributed by atoms with Crippen LogP contribution in [-0.4, -0.2) is 13.4 Å². The van der Waals surface area contributed by atoms with Crippen LogP contribution in [0, 0.1) is 13.8 Å². The van der Waals surface area contributed by atoms with Gasteiger partial charge in [0.1, 0.15) is 0 Å². The second-order valence-corrected chi connectivity index (χ2v) is 6.92. The lowest BCUT2D eigenvalue weighted by Crippen LogP contribution is -2.28. The Balaban J connectivity index is 2.23. The number of nitrogens with one attached hydrogen (secondary N) is 2. The fourth-order valence-electron chi connectivity index (χ4n) is 1.97. The second-order valence-electron chi connectivity index (χ2n) is 4.72. The van der Waals surface area contributed by atoms with Gasteiger partial charge in [0.15, 0.2) is 0 Å². The van der Waals surface area contributed by atoms with E-state index in [9.17, 15) is 13.2 Å². The molecular weight excluding hydrogens is 312 g/mol. The van der Waals surface area contributed by atoms with E-state index < -0.39 is 10.0 Å². The lowest BCUT2D eigenvalue weighted by atomic mass is 10.1. The number of pyridine rings is 1. The standard InChI is InChI=1S/C14H15ClN2O3S/c1-9-7-10(2)17-14(18)13(9)8-16-21(19,20)12-5-3-11(15)4-6-12/h3-7,16H,8H2,1-2H3,(H,17,18). The maximum absolute atomic E-state index is 12.1. The molecule has 2 aromatic rings. The van der Waals surface area contributed by atoms with Crippen LogP contribution in [0.5, 0.6) is 0 Å². The van der Waals surface area contributed by atoms with E-state index >= 15 is 0 Å². The molecule has 1 aromatic heterocycles. The van der Waals surface area contributed by atoms with Gasteiger partial charge in [-0.05, 0) is 49.7 Å². The zero-order valence-corrected chi connectivity index (χ0v) is 13.2. The summed E-state index contributed by atoms with van der Waals surface area (Å²) >= 11 is 5.73. The minimum Gasteiger partial charge on any atom is -0.326 e. The molecule has 0 aliphatic rings. The molecular formula is C14H15ClN2O3S. The molecule has 0 saturated heterocycles. The average Bonchev–Trinajstić information content (AvgIpc) is 2.37. The molecule has 0 spiro atoms. The Morgan fingerprint density at radius 1 is 1.19 bits per heavy atom. The lowest BCUT2D eigenvalue weighted by molar-refractivity contribution is 0.581. The van der Waals surface area contributed by atoms with E-state index in [1.165, 1.54) is 24.3 Å². The van der Waals surface area contributed by atoms with Crippen LogP contribution in [0.2, 0.25) is 5.02 Å². The van der Waals surface area contributed by atoms with Gasteiger partial charge in [-0.3, -0.25) is 4.79 Å². The Kier molecular flexibility index (Phi) is 4.51. The third-order valence-electron chi connectivity index (χ3n) is 3.06. The summed E-state index contributed by atoms with van der Waals surface area (Å²) in [6, 6.07) is 7.63. The van der Waals surface area contributed by atoms with Crippen LogP contribution in [0.4, 0.5) is 0 Å². The molecule has 0 bridgehead atoms. The van der Waals surface area contributed by atoms with Crippen molar-refractivity contribution in [1.29, 1.82) is 0 Å². The van der Waals surface area contributed by atoms with E-state index in [0.717, 1.165) is 11.3 Å². The highest BCUT2D eigenvalue weighted by Gasteiger charge is 2.15. The fourth-order valence-corrected chi connectivity index (χ4v) is 3.09. The first kappa shape index (κ1) is 15.8. The monoisotopic (exact) mass is 326 g/mol. The van der Waals surface area contributed by atoms with Gasteiger partial charge in [0, 0.05) is 22.8 Å². The minimum atomic E-state index is -3.68. The molecule has 0 atom stereocenters. The van der Waals surface area contributed by atoms with Crippen LogP contribution in [0.1, 0.15) is 16.8 Å². The van der Waals surface area contributed by atoms with Crippen LogP contribution in [-0.2, 0) is 16.6 Å². The van der Waals surface area contributed by atoms with Crippen molar-refractivity contribution in [3.05, 3.63) is 62.5 Å². The highest BCUT2D eigenvalue weighted by molar-refractivity contribution is 7.89. The Morgan fingerprint density at radius 3 is 2.38 bits per heavy atom. The van der Waals surface area contributed by atoms with Crippen LogP contribution in [0.3, 0.4) is 0 Å². The minimum absolute atomic E-state index is 0.0631. The zero-order chi connectivity index (χ0) is 15.6. The van der Waals surface area contributed by atoms with Gasteiger partial charge in [-0.25, -0.2) is 13.1 Å². The van der Waals surface area contributed by atoms with E-state index in [2.05, 4.69) is 9.71 Å². The lowest BCUT2D eigenvalue weighted by Gasteiger charge is -2.09. The molecule has 7 heteroatoms. The number of hydrogen-bond acceptors (Lipinski definition) is 3. The maximum Gasteiger partial charge on any atom is 0.252 e. The normalized spacial score (nSPS) is 11.6. The summed E-state index contributed by atoms with van der Waals surface area (Å²) in [5, 5.41) is 0.458. The molecule has 1 aromatic carbocycles. The Bertz CT molecular complexity index is 811. The van der Waals surface area contributed by atoms with Crippen LogP contribution >= 0.6 is 11.6 Å². The average molecular weight is 327 g/mol. The van der Waals surface area contributed by atoms with Gasteiger partial charge in [-0.15, -0.1) is 0 Å². The van der Waals surface area contributed by atoms with Gasteiger partial charge >= 0.3 is 0 Å². The molecule has 21 heavy (non-hydrogen) atoms. The topological polar surface area (TPSA) is 79.0 Å². The number of aromatic amines is 1. The van der Waals surface area contributed by atoms with Crippen molar-refractivity contribution in [3.63, 3.8) is 0 Å². The molecule has 0 saturated carbocycles. The van der Waals surface area contributed by atoms with E-state index in [0.29, 0.717) is 10.6 Å². The fraction of sp³-hybridized carbons (Fsp3) is 0.214. The molecule has 0 aliphatic carbocycles. The largest absolute Gasteiger partial charge is 0.326 e. The molecule has 0 amide bonds. The third-order valence-corrected chi connectivity index (χ3v) is 4.73. The quantitative estimate of drug-likeness (QED) is 0.903. The third kappa shape index (κ3) is 3.72. The van der Waals surface area contributed by atoms with E-state index in [4.69, 9.17) is 11.6 Å². The number of hydrogen-bond donors (Lipinski definition) is 2. The molecule has 2 rings (SSSR count). The molecule has 5 nitrogen and oxygen atoms in total. The summed E-state index contributed by atoms with van der Waals surface area (Å²) in [6.07, 6.45) is 0. The summed E-state index contributed by atoms with van der Waals surface area (Å²) in [5.41, 5.74) is 1.60. The number of sulfonamides is 1. The number of aryl methyl sites for hydroxylation is 2. The summed E-state index contributed by atoms with van der Waals surface area (Å²) in [5.74, 6) is 0. The maximum atomic E-state index is 12.1. The Morgan fingerprint density at radius 2 is 1.81 bits per heavy atom. The molecule has 0 radical (unpaired) electrons. The van der Waals surface area contributed by atoms with Gasteiger partial charge in [-0.1, -0.05) is 11.6 Å². The Labute approximate surface area is 128 Å². The first-order valence-corrected chi connectivity index (χ1v) is 8.10. The van der Waals surface area contributed by atoms with E-state index in [-0.39, 0.29) is 17.0 Å². The predicted molar refractivity (Wildman–Crippen MR) is 82.0 cm³/mol. The first-order chi connectivity index (χ1) is 9.79. The van der Waals surface area contributed by atoms with Crippen LogP contribution < -0.4 is 10.3 Å². The summed E-state index contributed by atoms with van der Waals surface area (Å²) in [7, 11) is -3.68. The van der Waals surface area contributed by atoms with Crippen LogP contribution in [0.15, 0.2) is 40.0 Å². The van der Waals surface area contributed by atoms with Gasteiger partial charge in [-0.2, -0.15) is 0 Å². The number of benzene rings is 1. The van der Waals surface area contributed by atoms with E-state index in [1.54, 1.807) is 19.9 Å². The summed E-state index contributed by atoms with van der Waals surface area (Å²) < 4.78 is 26.7. The highest BCUT2D eigenvalue weighted by atomic mass is 35.5. The van der Waals surface area contributed by atoms with Crippen molar-refractivity contribution in [1.82, 2.24) is 9.71 Å². The van der Waals surface area contributed by atoms with Crippen molar-refractivity contribution in [2.75, 3.05) is 0 Å². The Hall–Kier alpha value is -1.63. The second kappa shape index (κ2) is 6.01. The SMILES string of the molecule is Cc1cc(C)c(CNS(=O)(=O)c2ccc(Cl)cc2)c(=O)[nH]1. The van der Waals surface area contributed by atoms with Crippen molar-refractivity contribution in [2.45, 2.75) is 25.3 Å². The van der Waals surface area contributed by atoms with Gasteiger partial charge in [0.25, 0.3) is 5.56 Å². The van der Waals surface area contributed by atoms with Crippen molar-refractivity contribution >= 4 is 21.6 Å². The van der Waals surface area contributed by atoms with E-state index in [1.807, 2.05) is 0 Å². The van der Waals surface area contributed by atoms with Crippen molar-refractivity contribution < 1.29 is 8.42 Å². The zero-order valence-electron chi connectivity index (χ0n) is 11.6. The molecule has 112 valence electrons. The molecule has 0 unspecified atom stereocenters. The van der Waals surface area contributed by atoms with Crippen molar-refractivity contribution in [3.8, 4) is 0 Å². The van der Waals surface area contributed by atoms with Crippen LogP contribution in [0.25, 0.3) is 0 Å². The van der Waals surface area contributed by atoms with Crippen molar-refractivity contribution in [2.24, 2.45) is 0 Å². The number of rotatable bonds is 4. The smallest absolute Gasteiger partial charge is 0.252 e. The molecule has 0 fully saturated rings. The molecule has 1 heterocycles. The molecule has 0 aliphatic heterocycles. The summed E-state index contributed by atoms with van der Waals surface area (Å²) in [4.78, 5) is 14.6. The van der Waals surface area contributed by atoms with Gasteiger partial charge in [0.2, 0.25) is 10.0 Å². The first-order valence-electron chi connectivity index (χ1n) is 6.24. The summed E-state index contributed by atoms with van der Waals surface area (Å²) in [6.45, 7) is 3.48. The highest BCUT2D eigenvalue weighted by Crippen LogP contribution is 2.14. The number of aromatic nitrogens is 1. The molecule has 2 N–H and O–H groups in total. The number of H-pyrrole nitrogens is 1. The van der Waals surface area contributed by atoms with Gasteiger partial charge < -0.3 is 4.98 Å². The van der Waals surface area contributed by atoms with Gasteiger partial charge in [0.05, 0.1) is 4.90 Å². The predicted octanol–water partition coefficient (Wildman–Crippen LogP) is 2.12. The number of halogens is 1.